The first-order chi connectivity index (χ1) is 6.79. The molecule has 1 heterocycles. The maximum atomic E-state index is 13.1. The highest BCUT2D eigenvalue weighted by Crippen LogP contribution is 2.27. The van der Waals surface area contributed by atoms with Crippen molar-refractivity contribution in [1.82, 2.24) is 0 Å². The number of benzene rings is 1. The molecular formula is C10H11FO3. The van der Waals surface area contributed by atoms with E-state index in [1.807, 2.05) is 0 Å². The lowest BCUT2D eigenvalue weighted by Gasteiger charge is -2.10. The molecule has 1 aliphatic heterocycles. The third-order valence-electron chi connectivity index (χ3n) is 2.02. The Morgan fingerprint density at radius 3 is 2.64 bits per heavy atom. The van der Waals surface area contributed by atoms with Gasteiger partial charge in [-0.25, -0.2) is 4.39 Å². The monoisotopic (exact) mass is 198 g/mol. The topological polar surface area (TPSA) is 27.7 Å². The van der Waals surface area contributed by atoms with Crippen LogP contribution in [0, 0.1) is 5.82 Å². The maximum Gasteiger partial charge on any atom is 0.184 e. The van der Waals surface area contributed by atoms with Gasteiger partial charge in [0.15, 0.2) is 6.29 Å². The summed E-state index contributed by atoms with van der Waals surface area (Å²) in [6, 6.07) is 4.41. The molecule has 3 nitrogen and oxygen atoms in total. The van der Waals surface area contributed by atoms with Crippen LogP contribution in [0.3, 0.4) is 0 Å². The molecule has 1 saturated heterocycles. The van der Waals surface area contributed by atoms with Gasteiger partial charge in [-0.3, -0.25) is 0 Å². The minimum atomic E-state index is -0.459. The molecule has 0 spiro atoms. The van der Waals surface area contributed by atoms with Gasteiger partial charge in [0, 0.05) is 11.6 Å². The lowest BCUT2D eigenvalue weighted by Crippen LogP contribution is -1.99. The zero-order valence-electron chi connectivity index (χ0n) is 7.83. The van der Waals surface area contributed by atoms with Crippen molar-refractivity contribution < 1.29 is 18.6 Å². The summed E-state index contributed by atoms with van der Waals surface area (Å²) in [5.41, 5.74) is 0.652. The van der Waals surface area contributed by atoms with Crippen LogP contribution in [-0.4, -0.2) is 20.3 Å². The van der Waals surface area contributed by atoms with E-state index in [0.717, 1.165) is 0 Å². The molecule has 0 radical (unpaired) electrons. The summed E-state index contributed by atoms with van der Waals surface area (Å²) < 4.78 is 28.5. The molecule has 0 N–H and O–H groups in total. The fourth-order valence-electron chi connectivity index (χ4n) is 1.39. The molecule has 0 amide bonds. The number of ether oxygens (including phenoxy) is 3. The largest absolute Gasteiger partial charge is 0.497 e. The van der Waals surface area contributed by atoms with E-state index in [0.29, 0.717) is 24.5 Å². The van der Waals surface area contributed by atoms with Crippen LogP contribution in [0.4, 0.5) is 4.39 Å². The third-order valence-corrected chi connectivity index (χ3v) is 2.02. The highest BCUT2D eigenvalue weighted by atomic mass is 19.1. The van der Waals surface area contributed by atoms with Crippen molar-refractivity contribution >= 4 is 0 Å². The second-order valence-corrected chi connectivity index (χ2v) is 3.00. The molecule has 1 fully saturated rings. The first-order valence-corrected chi connectivity index (χ1v) is 4.37. The lowest BCUT2D eigenvalue weighted by molar-refractivity contribution is -0.0444. The fourth-order valence-corrected chi connectivity index (χ4v) is 1.39. The van der Waals surface area contributed by atoms with E-state index in [2.05, 4.69) is 0 Å². The second-order valence-electron chi connectivity index (χ2n) is 3.00. The molecule has 1 aromatic carbocycles. The highest BCUT2D eigenvalue weighted by Gasteiger charge is 2.19. The minimum Gasteiger partial charge on any atom is -0.497 e. The molecule has 0 bridgehead atoms. The first-order valence-electron chi connectivity index (χ1n) is 4.37. The Kier molecular flexibility index (Phi) is 2.65. The molecule has 76 valence electrons. The van der Waals surface area contributed by atoms with E-state index in [4.69, 9.17) is 14.2 Å². The number of hydrogen-bond donors (Lipinski definition) is 0. The SMILES string of the molecule is COc1cc(F)cc(C2OCCO2)c1. The molecule has 2 rings (SSSR count). The molecular weight excluding hydrogens is 187 g/mol. The Morgan fingerprint density at radius 2 is 2.00 bits per heavy atom. The number of rotatable bonds is 2. The second kappa shape index (κ2) is 3.94. The number of halogens is 1. The predicted molar refractivity (Wildman–Crippen MR) is 47.6 cm³/mol. The van der Waals surface area contributed by atoms with Crippen LogP contribution in [0.15, 0.2) is 18.2 Å². The van der Waals surface area contributed by atoms with E-state index in [-0.39, 0.29) is 5.82 Å². The molecule has 0 aliphatic carbocycles. The Bertz CT molecular complexity index is 321. The van der Waals surface area contributed by atoms with Crippen LogP contribution >= 0.6 is 0 Å². The summed E-state index contributed by atoms with van der Waals surface area (Å²) in [5, 5.41) is 0. The van der Waals surface area contributed by atoms with Gasteiger partial charge in [0.1, 0.15) is 11.6 Å². The maximum absolute atomic E-state index is 13.1. The molecule has 0 saturated carbocycles. The summed E-state index contributed by atoms with van der Waals surface area (Å²) in [4.78, 5) is 0. The van der Waals surface area contributed by atoms with Crippen molar-refractivity contribution in [3.63, 3.8) is 0 Å². The van der Waals surface area contributed by atoms with Crippen molar-refractivity contribution in [3.8, 4) is 5.75 Å². The van der Waals surface area contributed by atoms with Gasteiger partial charge in [-0.2, -0.15) is 0 Å². The average Bonchev–Trinajstić information content (AvgIpc) is 2.69. The van der Waals surface area contributed by atoms with E-state index in [1.165, 1.54) is 19.2 Å². The van der Waals surface area contributed by atoms with Crippen LogP contribution in [0.1, 0.15) is 11.9 Å². The van der Waals surface area contributed by atoms with Crippen LogP contribution in [0.25, 0.3) is 0 Å². The summed E-state index contributed by atoms with van der Waals surface area (Å²) in [6.07, 6.45) is -0.459. The Labute approximate surface area is 81.4 Å². The highest BCUT2D eigenvalue weighted by molar-refractivity contribution is 5.30. The molecule has 1 aromatic rings. The number of hydrogen-bond acceptors (Lipinski definition) is 3. The van der Waals surface area contributed by atoms with Gasteiger partial charge in [0.25, 0.3) is 0 Å². The summed E-state index contributed by atoms with van der Waals surface area (Å²) in [6.45, 7) is 1.09. The van der Waals surface area contributed by atoms with E-state index in [1.54, 1.807) is 6.07 Å². The van der Waals surface area contributed by atoms with E-state index < -0.39 is 6.29 Å². The third kappa shape index (κ3) is 1.86. The van der Waals surface area contributed by atoms with Crippen LogP contribution in [-0.2, 0) is 9.47 Å². The summed E-state index contributed by atoms with van der Waals surface area (Å²) >= 11 is 0. The van der Waals surface area contributed by atoms with Gasteiger partial charge < -0.3 is 14.2 Å². The first kappa shape index (κ1) is 9.43. The van der Waals surface area contributed by atoms with Crippen molar-refractivity contribution in [2.24, 2.45) is 0 Å². The van der Waals surface area contributed by atoms with E-state index >= 15 is 0 Å². The van der Waals surface area contributed by atoms with Gasteiger partial charge in [-0.05, 0) is 12.1 Å². The summed E-state index contributed by atoms with van der Waals surface area (Å²) in [7, 11) is 1.49. The Hall–Kier alpha value is -1.13. The number of methoxy groups -OCH3 is 1. The van der Waals surface area contributed by atoms with Crippen molar-refractivity contribution in [3.05, 3.63) is 29.6 Å². The van der Waals surface area contributed by atoms with Crippen molar-refractivity contribution in [2.75, 3.05) is 20.3 Å². The van der Waals surface area contributed by atoms with E-state index in [9.17, 15) is 4.39 Å². The quantitative estimate of drug-likeness (QED) is 0.726. The van der Waals surface area contributed by atoms with Crippen LogP contribution in [0.5, 0.6) is 5.75 Å². The van der Waals surface area contributed by atoms with Crippen molar-refractivity contribution in [2.45, 2.75) is 6.29 Å². The van der Waals surface area contributed by atoms with Crippen LogP contribution < -0.4 is 4.74 Å². The van der Waals surface area contributed by atoms with Gasteiger partial charge in [-0.1, -0.05) is 0 Å². The molecule has 14 heavy (non-hydrogen) atoms. The van der Waals surface area contributed by atoms with Gasteiger partial charge in [-0.15, -0.1) is 0 Å². The predicted octanol–water partition coefficient (Wildman–Crippen LogP) is 1.88. The van der Waals surface area contributed by atoms with Crippen molar-refractivity contribution in [1.29, 1.82) is 0 Å². The fraction of sp³-hybridized carbons (Fsp3) is 0.400. The standard InChI is InChI=1S/C10H11FO3/c1-12-9-5-7(4-8(11)6-9)10-13-2-3-14-10/h4-6,10H,2-3H2,1H3. The van der Waals surface area contributed by atoms with Crippen LogP contribution in [0.2, 0.25) is 0 Å². The normalized spacial score (nSPS) is 17.3. The average molecular weight is 198 g/mol. The zero-order chi connectivity index (χ0) is 9.97. The lowest BCUT2D eigenvalue weighted by atomic mass is 10.2. The minimum absolute atomic E-state index is 0.349. The summed E-state index contributed by atoms with van der Waals surface area (Å²) in [5.74, 6) is 0.123. The smallest absolute Gasteiger partial charge is 0.184 e. The Morgan fingerprint density at radius 1 is 1.29 bits per heavy atom. The Balaban J connectivity index is 2.27. The van der Waals surface area contributed by atoms with Gasteiger partial charge in [0.05, 0.1) is 20.3 Å². The molecule has 0 unspecified atom stereocenters. The van der Waals surface area contributed by atoms with Gasteiger partial charge >= 0.3 is 0 Å². The zero-order valence-corrected chi connectivity index (χ0v) is 7.83. The molecule has 4 heteroatoms. The molecule has 1 aliphatic rings. The molecule has 0 aromatic heterocycles. The van der Waals surface area contributed by atoms with Gasteiger partial charge in [0.2, 0.25) is 0 Å². The molecule has 0 atom stereocenters.